The molecule has 4 nitrogen and oxygen atoms in total. The second-order valence-corrected chi connectivity index (χ2v) is 15.8. The molecule has 0 aromatic heterocycles. The van der Waals surface area contributed by atoms with Crippen molar-refractivity contribution >= 4 is 23.6 Å². The lowest BCUT2D eigenvalue weighted by molar-refractivity contribution is -0.139. The number of carbonyl (C=O) groups is 1. The molecule has 1 atom stereocenters. The Balaban J connectivity index is 5.63. The van der Waals surface area contributed by atoms with Crippen LogP contribution < -0.4 is 0 Å². The molecule has 0 rings (SSSR count). The van der Waals surface area contributed by atoms with Crippen molar-refractivity contribution in [2.75, 3.05) is 13.2 Å². The summed E-state index contributed by atoms with van der Waals surface area (Å²) in [5, 5.41) is -0.670. The first-order chi connectivity index (χ1) is 14.3. The van der Waals surface area contributed by atoms with Crippen molar-refractivity contribution in [3.63, 3.8) is 0 Å². The Bertz CT molecular complexity index is 427. The molecule has 0 aliphatic carbocycles. The topological polar surface area (TPSA) is 44.8 Å². The summed E-state index contributed by atoms with van der Waals surface area (Å²) >= 11 is 0. The number of carbonyl (C=O) groups excluding carboxylic acids is 1. The van der Waals surface area contributed by atoms with E-state index >= 15 is 0 Å². The van der Waals surface area contributed by atoms with Gasteiger partial charge in [0.2, 0.25) is 0 Å². The van der Waals surface area contributed by atoms with Gasteiger partial charge in [-0.05, 0) is 44.8 Å². The van der Waals surface area contributed by atoms with Crippen LogP contribution in [0.3, 0.4) is 0 Å². The number of hydrogen-bond acceptors (Lipinski definition) is 4. The van der Waals surface area contributed by atoms with Crippen molar-refractivity contribution in [1.29, 1.82) is 0 Å². The van der Waals surface area contributed by atoms with E-state index in [0.717, 1.165) is 12.1 Å². The molecule has 0 aromatic rings. The Morgan fingerprint density at radius 2 is 1.30 bits per heavy atom. The lowest BCUT2D eigenvalue weighted by Gasteiger charge is -2.39. The van der Waals surface area contributed by atoms with Gasteiger partial charge in [-0.1, -0.05) is 86.0 Å². The fourth-order valence-electron chi connectivity index (χ4n) is 3.92. The SMILES string of the molecule is CCCCCC[Si](CCCCCC)(OC(=O)C(C)(CC)[Si](OCC)OCC)C(C)C. The van der Waals surface area contributed by atoms with Crippen LogP contribution in [0.25, 0.3) is 0 Å². The molecule has 0 N–H and O–H groups in total. The lowest BCUT2D eigenvalue weighted by atomic mass is 10.1. The van der Waals surface area contributed by atoms with Gasteiger partial charge in [0.05, 0.1) is 0 Å². The summed E-state index contributed by atoms with van der Waals surface area (Å²) in [5.74, 6) is -0.0628. The molecule has 0 spiro atoms. The van der Waals surface area contributed by atoms with Crippen LogP contribution in [0.15, 0.2) is 0 Å². The molecule has 0 saturated carbocycles. The molecule has 0 saturated heterocycles. The highest BCUT2D eigenvalue weighted by Crippen LogP contribution is 2.41. The first-order valence-electron chi connectivity index (χ1n) is 12.6. The predicted octanol–water partition coefficient (Wildman–Crippen LogP) is 7.78. The first kappa shape index (κ1) is 29.8. The zero-order valence-corrected chi connectivity index (χ0v) is 23.4. The zero-order chi connectivity index (χ0) is 23.0. The van der Waals surface area contributed by atoms with E-state index in [1.165, 1.54) is 51.4 Å². The fourth-order valence-corrected chi connectivity index (χ4v) is 9.91. The molecule has 1 radical (unpaired) electrons. The van der Waals surface area contributed by atoms with Gasteiger partial charge >= 0.3 is 9.28 Å². The number of rotatable bonds is 19. The minimum absolute atomic E-state index is 0.0628. The minimum Gasteiger partial charge on any atom is -0.518 e. The predicted molar refractivity (Wildman–Crippen MR) is 133 cm³/mol. The van der Waals surface area contributed by atoms with Gasteiger partial charge in [0.1, 0.15) is 5.04 Å². The second-order valence-electron chi connectivity index (χ2n) is 9.07. The standard InChI is InChI=1S/C24H51O4Si2/c1-9-14-16-18-20-30(22(6)7,21-19-17-15-10-2)28-23(25)24(8,11-3)29(26-12-4)27-13-5/h22H,9-21H2,1-8H3. The molecule has 0 aliphatic heterocycles. The van der Waals surface area contributed by atoms with E-state index in [-0.39, 0.29) is 5.97 Å². The van der Waals surface area contributed by atoms with Gasteiger partial charge in [0.25, 0.3) is 14.3 Å². The van der Waals surface area contributed by atoms with Crippen molar-refractivity contribution in [2.24, 2.45) is 0 Å². The molecule has 0 amide bonds. The van der Waals surface area contributed by atoms with Crippen molar-refractivity contribution < 1.29 is 18.1 Å². The van der Waals surface area contributed by atoms with Crippen molar-refractivity contribution in [2.45, 2.75) is 136 Å². The van der Waals surface area contributed by atoms with Crippen LogP contribution in [0.2, 0.25) is 22.7 Å². The largest absolute Gasteiger partial charge is 0.518 e. The van der Waals surface area contributed by atoms with Crippen LogP contribution in [0, 0.1) is 0 Å². The smallest absolute Gasteiger partial charge is 0.402 e. The molecule has 0 aliphatic rings. The maximum Gasteiger partial charge on any atom is 0.402 e. The van der Waals surface area contributed by atoms with Gasteiger partial charge in [0, 0.05) is 13.2 Å². The molecule has 1 unspecified atom stereocenters. The monoisotopic (exact) mass is 459 g/mol. The third-order valence-corrected chi connectivity index (χ3v) is 14.1. The molecule has 0 fully saturated rings. The van der Waals surface area contributed by atoms with Gasteiger partial charge in [-0.3, -0.25) is 4.79 Å². The van der Waals surface area contributed by atoms with Crippen LogP contribution in [0.4, 0.5) is 0 Å². The van der Waals surface area contributed by atoms with E-state index in [2.05, 4.69) is 34.6 Å². The second kappa shape index (κ2) is 16.5. The van der Waals surface area contributed by atoms with E-state index in [4.69, 9.17) is 13.3 Å². The van der Waals surface area contributed by atoms with Crippen molar-refractivity contribution in [1.82, 2.24) is 0 Å². The van der Waals surface area contributed by atoms with Gasteiger partial charge in [0.15, 0.2) is 0 Å². The molecule has 179 valence electrons. The summed E-state index contributed by atoms with van der Waals surface area (Å²) in [4.78, 5) is 13.7. The maximum atomic E-state index is 13.7. The Morgan fingerprint density at radius 3 is 1.63 bits per heavy atom. The highest BCUT2D eigenvalue weighted by molar-refractivity contribution is 6.77. The van der Waals surface area contributed by atoms with Crippen LogP contribution in [0.1, 0.15) is 113 Å². The quantitative estimate of drug-likeness (QED) is 0.146. The summed E-state index contributed by atoms with van der Waals surface area (Å²) < 4.78 is 18.6. The lowest BCUT2D eigenvalue weighted by Crippen LogP contribution is -2.50. The third kappa shape index (κ3) is 9.53. The molecular weight excluding hydrogens is 408 g/mol. The Kier molecular flexibility index (Phi) is 16.4. The van der Waals surface area contributed by atoms with Gasteiger partial charge < -0.3 is 13.3 Å². The van der Waals surface area contributed by atoms with E-state index in [1.54, 1.807) is 0 Å². The zero-order valence-electron chi connectivity index (χ0n) is 21.4. The number of unbranched alkanes of at least 4 members (excludes halogenated alkanes) is 6. The number of hydrogen-bond donors (Lipinski definition) is 0. The summed E-state index contributed by atoms with van der Waals surface area (Å²) in [6.45, 7) is 18.2. The molecule has 30 heavy (non-hydrogen) atoms. The van der Waals surface area contributed by atoms with Gasteiger partial charge in [-0.2, -0.15) is 0 Å². The fraction of sp³-hybridized carbons (Fsp3) is 0.958. The third-order valence-electron chi connectivity index (χ3n) is 6.41. The van der Waals surface area contributed by atoms with Crippen molar-refractivity contribution in [3.05, 3.63) is 0 Å². The average Bonchev–Trinajstić information content (AvgIpc) is 2.72. The summed E-state index contributed by atoms with van der Waals surface area (Å²) in [6, 6.07) is 2.18. The Labute approximate surface area is 190 Å². The summed E-state index contributed by atoms with van der Waals surface area (Å²) in [6.07, 6.45) is 10.5. The van der Waals surface area contributed by atoms with E-state index in [1.807, 2.05) is 20.8 Å². The molecule has 0 heterocycles. The minimum atomic E-state index is -2.20. The normalized spacial score (nSPS) is 14.3. The Hall–Kier alpha value is -0.176. The first-order valence-corrected chi connectivity index (χ1v) is 16.4. The Morgan fingerprint density at radius 1 is 0.833 bits per heavy atom. The van der Waals surface area contributed by atoms with E-state index in [0.29, 0.717) is 25.2 Å². The molecule has 0 aromatic carbocycles. The van der Waals surface area contributed by atoms with Crippen LogP contribution in [0.5, 0.6) is 0 Å². The molecule has 0 bridgehead atoms. The highest BCUT2D eigenvalue weighted by atomic mass is 28.4. The van der Waals surface area contributed by atoms with Gasteiger partial charge in [-0.15, -0.1) is 0 Å². The van der Waals surface area contributed by atoms with E-state index in [9.17, 15) is 4.79 Å². The average molecular weight is 460 g/mol. The van der Waals surface area contributed by atoms with Crippen molar-refractivity contribution in [3.8, 4) is 0 Å². The maximum absolute atomic E-state index is 13.7. The van der Waals surface area contributed by atoms with E-state index < -0.39 is 22.6 Å². The highest BCUT2D eigenvalue weighted by Gasteiger charge is 2.51. The summed E-state index contributed by atoms with van der Waals surface area (Å²) in [7, 11) is -3.94. The van der Waals surface area contributed by atoms with Crippen LogP contribution in [-0.4, -0.2) is 36.8 Å². The van der Waals surface area contributed by atoms with Crippen LogP contribution in [-0.2, 0) is 18.1 Å². The molecule has 6 heteroatoms. The summed E-state index contributed by atoms with van der Waals surface area (Å²) in [5.41, 5.74) is 0.431. The molecular formula is C24H51O4Si2. The van der Waals surface area contributed by atoms with Gasteiger partial charge in [-0.25, -0.2) is 0 Å². The van der Waals surface area contributed by atoms with Crippen LogP contribution >= 0.6 is 0 Å².